The molecule has 376 valence electrons. The third-order valence-electron chi connectivity index (χ3n) is 11.9. The van der Waals surface area contributed by atoms with E-state index in [0.29, 0.717) is 0 Å². The number of thiophene rings is 12. The SMILES string of the molecule is Cc1cc(-c2cc(C)c(-c3ccc(C=O)s3)s2)sc1-c1ccc(C=O)s1.Cc1cc(C=O)sc1-c1ccc(-c2ccc(-c3sc(C=O)cc3C)s2)s1.Cc1ccc(-c2sc3c(C)c(-c4ccc(C=O)s4)sc3c2C)s1. The molecule has 0 bridgehead atoms. The number of hydrogen-bond acceptors (Lipinski definition) is 17. The zero-order chi connectivity index (χ0) is 52.7. The largest absolute Gasteiger partial charge is 0.297 e. The lowest BCUT2D eigenvalue weighted by atomic mass is 10.2. The van der Waals surface area contributed by atoms with Gasteiger partial charge in [0, 0.05) is 92.3 Å². The average Bonchev–Trinajstić information content (AvgIpc) is 4.24. The highest BCUT2D eigenvalue weighted by Crippen LogP contribution is 2.51. The Morgan fingerprint density at radius 3 is 0.907 bits per heavy atom. The molecule has 0 fully saturated rings. The lowest BCUT2D eigenvalue weighted by molar-refractivity contribution is 0.111. The molecule has 0 aliphatic carbocycles. The van der Waals surface area contributed by atoms with E-state index in [1.807, 2.05) is 90.3 Å². The highest BCUT2D eigenvalue weighted by atomic mass is 32.1. The molecular weight excluding hydrogens is 1160 g/mol. The van der Waals surface area contributed by atoms with E-state index < -0.39 is 0 Å². The van der Waals surface area contributed by atoms with Crippen LogP contribution in [0, 0.1) is 48.5 Å². The quantitative estimate of drug-likeness (QED) is 0.107. The summed E-state index contributed by atoms with van der Waals surface area (Å²) in [5.41, 5.74) is 7.49. The van der Waals surface area contributed by atoms with Crippen molar-refractivity contribution in [3.63, 3.8) is 0 Å². The maximum atomic E-state index is 11.0. The van der Waals surface area contributed by atoms with Crippen molar-refractivity contribution in [3.8, 4) is 78.0 Å². The molecule has 0 radical (unpaired) electrons. The lowest BCUT2D eigenvalue weighted by Crippen LogP contribution is -1.70. The van der Waals surface area contributed by atoms with Gasteiger partial charge in [-0.1, -0.05) is 0 Å². The molecule has 17 heteroatoms. The molecule has 0 unspecified atom stereocenters. The Morgan fingerprint density at radius 1 is 0.253 bits per heavy atom. The van der Waals surface area contributed by atoms with Gasteiger partial charge in [-0.25, -0.2) is 0 Å². The Morgan fingerprint density at radius 2 is 0.560 bits per heavy atom. The number of aryl methyl sites for hydroxylation is 7. The fourth-order valence-electron chi connectivity index (χ4n) is 8.29. The molecule has 0 saturated heterocycles. The molecule has 12 aromatic heterocycles. The molecular formula is C58H42O5S12. The highest BCUT2D eigenvalue weighted by molar-refractivity contribution is 7.34. The van der Waals surface area contributed by atoms with Crippen molar-refractivity contribution in [2.75, 3.05) is 0 Å². The van der Waals surface area contributed by atoms with Crippen LogP contribution in [0.1, 0.15) is 86.6 Å². The van der Waals surface area contributed by atoms with Crippen molar-refractivity contribution in [2.24, 2.45) is 0 Å². The van der Waals surface area contributed by atoms with Gasteiger partial charge in [0.2, 0.25) is 0 Å². The van der Waals surface area contributed by atoms with Gasteiger partial charge in [0.25, 0.3) is 0 Å². The van der Waals surface area contributed by atoms with Crippen LogP contribution in [0.5, 0.6) is 0 Å². The number of hydrogen-bond donors (Lipinski definition) is 0. The number of fused-ring (bicyclic) bond motifs is 1. The topological polar surface area (TPSA) is 85.3 Å². The summed E-state index contributed by atoms with van der Waals surface area (Å²) in [4.78, 5) is 79.7. The standard InChI is InChI=1S/2C20H14O2S4.C18H14OS4/c1-11-7-13(9-21)23-19(11)17-5-3-15(25-17)16-4-6-18(26-16)20-12(2)8-14(10-22)24-20;1-11-7-17(25-19(11)15-5-3-13(9-21)23-15)18-8-12(2)20(26-18)16-6-4-14(10-22)24-16;1-9-4-6-13(20-9)15-10(2)17-18(22-15)11(3)16(23-17)14-7-5-12(8-19)21-14/h2*3-10H,1-2H3;4-8H,1-3H3. The molecule has 12 heterocycles. The van der Waals surface area contributed by atoms with E-state index in [1.54, 1.807) is 79.4 Å². The first-order chi connectivity index (χ1) is 36.2. The first-order valence-corrected chi connectivity index (χ1v) is 32.8. The van der Waals surface area contributed by atoms with Gasteiger partial charge in [-0.15, -0.1) is 136 Å². The van der Waals surface area contributed by atoms with Crippen LogP contribution in [0.2, 0.25) is 0 Å². The van der Waals surface area contributed by atoms with Gasteiger partial charge in [0.05, 0.1) is 24.4 Å². The highest BCUT2D eigenvalue weighted by Gasteiger charge is 2.21. The molecule has 75 heavy (non-hydrogen) atoms. The minimum absolute atomic E-state index is 0.757. The second-order valence-corrected chi connectivity index (χ2v) is 30.4. The summed E-state index contributed by atoms with van der Waals surface area (Å²) in [5.74, 6) is 0. The molecule has 0 amide bonds. The van der Waals surface area contributed by atoms with E-state index in [0.717, 1.165) is 76.7 Å². The van der Waals surface area contributed by atoms with Crippen molar-refractivity contribution in [2.45, 2.75) is 48.5 Å². The summed E-state index contributed by atoms with van der Waals surface area (Å²) in [7, 11) is 0. The van der Waals surface area contributed by atoms with Gasteiger partial charge in [-0.2, -0.15) is 0 Å². The number of carbonyl (C=O) groups excluding carboxylic acids is 5. The van der Waals surface area contributed by atoms with Crippen LogP contribution >= 0.6 is 136 Å². The van der Waals surface area contributed by atoms with E-state index in [2.05, 4.69) is 89.2 Å². The molecule has 0 aliphatic heterocycles. The molecule has 0 N–H and O–H groups in total. The van der Waals surface area contributed by atoms with Crippen LogP contribution in [0.3, 0.4) is 0 Å². The molecule has 12 aromatic rings. The molecule has 5 nitrogen and oxygen atoms in total. The Bertz CT molecular complexity index is 3890. The number of carbonyl (C=O) groups is 5. The third-order valence-corrected chi connectivity index (χ3v) is 27.4. The van der Waals surface area contributed by atoms with Crippen LogP contribution in [-0.2, 0) is 0 Å². The zero-order valence-corrected chi connectivity index (χ0v) is 50.9. The fraction of sp³-hybridized carbons (Fsp3) is 0.121. The predicted octanol–water partition coefficient (Wildman–Crippen LogP) is 21.5. The van der Waals surface area contributed by atoms with Crippen LogP contribution < -0.4 is 0 Å². The third kappa shape index (κ3) is 11.1. The summed E-state index contributed by atoms with van der Waals surface area (Å²) < 4.78 is 2.79. The Hall–Kier alpha value is -4.99. The van der Waals surface area contributed by atoms with Crippen molar-refractivity contribution in [1.29, 1.82) is 0 Å². The maximum absolute atomic E-state index is 11.0. The van der Waals surface area contributed by atoms with E-state index in [9.17, 15) is 24.0 Å². The molecule has 0 saturated carbocycles. The molecule has 12 rings (SSSR count). The molecule has 0 atom stereocenters. The summed E-state index contributed by atoms with van der Waals surface area (Å²) in [6.45, 7) is 14.9. The van der Waals surface area contributed by atoms with Gasteiger partial charge in [0.1, 0.15) is 0 Å². The summed E-state index contributed by atoms with van der Waals surface area (Å²) >= 11 is 20.4. The number of aldehydes is 5. The van der Waals surface area contributed by atoms with Crippen molar-refractivity contribution >= 4 is 177 Å². The normalized spacial score (nSPS) is 11.1. The average molecular weight is 1200 g/mol. The monoisotopic (exact) mass is 1200 g/mol. The first-order valence-electron chi connectivity index (χ1n) is 23.0. The minimum Gasteiger partial charge on any atom is -0.297 e. The van der Waals surface area contributed by atoms with Gasteiger partial charge in [-0.05, 0) is 179 Å². The summed E-state index contributed by atoms with van der Waals surface area (Å²) in [5, 5.41) is 0. The van der Waals surface area contributed by atoms with Crippen molar-refractivity contribution in [1.82, 2.24) is 0 Å². The predicted molar refractivity (Wildman–Crippen MR) is 335 cm³/mol. The molecule has 0 aromatic carbocycles. The van der Waals surface area contributed by atoms with Crippen LogP contribution in [0.25, 0.3) is 87.4 Å². The van der Waals surface area contributed by atoms with Gasteiger partial charge < -0.3 is 0 Å². The minimum atomic E-state index is 0.757. The Balaban J connectivity index is 0.000000129. The Kier molecular flexibility index (Phi) is 16.3. The number of rotatable bonds is 13. The van der Waals surface area contributed by atoms with Crippen molar-refractivity contribution in [3.05, 3.63) is 160 Å². The van der Waals surface area contributed by atoms with E-state index in [-0.39, 0.29) is 0 Å². The maximum Gasteiger partial charge on any atom is 0.160 e. The summed E-state index contributed by atoms with van der Waals surface area (Å²) in [6.07, 6.45) is 4.57. The van der Waals surface area contributed by atoms with Crippen LogP contribution in [0.15, 0.2) is 97.1 Å². The Labute approximate surface area is 482 Å². The van der Waals surface area contributed by atoms with Crippen LogP contribution in [-0.4, -0.2) is 31.4 Å². The zero-order valence-electron chi connectivity index (χ0n) is 41.1. The van der Waals surface area contributed by atoms with E-state index in [1.165, 1.54) is 127 Å². The van der Waals surface area contributed by atoms with E-state index >= 15 is 0 Å². The smallest absolute Gasteiger partial charge is 0.160 e. The second kappa shape index (κ2) is 22.9. The van der Waals surface area contributed by atoms with Crippen LogP contribution in [0.4, 0.5) is 0 Å². The second-order valence-electron chi connectivity index (χ2n) is 17.3. The van der Waals surface area contributed by atoms with Crippen molar-refractivity contribution < 1.29 is 24.0 Å². The fourth-order valence-corrected chi connectivity index (χ4v) is 22.0. The lowest BCUT2D eigenvalue weighted by Gasteiger charge is -1.97. The summed E-state index contributed by atoms with van der Waals surface area (Å²) in [6, 6.07) is 33.1. The first kappa shape index (κ1) is 53.4. The molecule has 0 aliphatic rings. The van der Waals surface area contributed by atoms with E-state index in [4.69, 9.17) is 0 Å². The molecule has 0 spiro atoms. The van der Waals surface area contributed by atoms with Gasteiger partial charge in [-0.3, -0.25) is 24.0 Å². The van der Waals surface area contributed by atoms with Gasteiger partial charge in [0.15, 0.2) is 31.4 Å². The van der Waals surface area contributed by atoms with Gasteiger partial charge >= 0.3 is 0 Å².